The Morgan fingerprint density at radius 1 is 1.50 bits per heavy atom. The molecule has 0 unspecified atom stereocenters. The third-order valence-electron chi connectivity index (χ3n) is 0.847. The third kappa shape index (κ3) is 2.86. The van der Waals surface area contributed by atoms with Crippen molar-refractivity contribution in [2.75, 3.05) is 7.11 Å². The maximum absolute atomic E-state index is 10.5. The standard InChI is InChI=1S/C6H8O4/c1-4(3-5(7)8)6(9)10-2/h3H,1-2H3,(H,7,8). The smallest absolute Gasteiger partial charge is 0.333 e. The Labute approximate surface area is 58.1 Å². The lowest BCUT2D eigenvalue weighted by Crippen LogP contribution is -2.03. The summed E-state index contributed by atoms with van der Waals surface area (Å²) in [6.45, 7) is 1.37. The van der Waals surface area contributed by atoms with E-state index in [9.17, 15) is 9.59 Å². The molecule has 0 amide bonds. The van der Waals surface area contributed by atoms with Crippen LogP contribution in [0.25, 0.3) is 0 Å². The largest absolute Gasteiger partial charge is 0.478 e. The van der Waals surface area contributed by atoms with Gasteiger partial charge in [0.1, 0.15) is 0 Å². The van der Waals surface area contributed by atoms with Crippen molar-refractivity contribution in [2.45, 2.75) is 6.92 Å². The van der Waals surface area contributed by atoms with Gasteiger partial charge in [-0.2, -0.15) is 0 Å². The van der Waals surface area contributed by atoms with E-state index in [0.717, 1.165) is 6.08 Å². The van der Waals surface area contributed by atoms with Crippen molar-refractivity contribution in [1.29, 1.82) is 0 Å². The molecule has 10 heavy (non-hydrogen) atoms. The van der Waals surface area contributed by atoms with E-state index in [1.165, 1.54) is 14.0 Å². The Morgan fingerprint density at radius 2 is 2.00 bits per heavy atom. The first kappa shape index (κ1) is 8.68. The van der Waals surface area contributed by atoms with Gasteiger partial charge in [-0.3, -0.25) is 0 Å². The second kappa shape index (κ2) is 3.66. The zero-order valence-electron chi connectivity index (χ0n) is 5.75. The number of hydrogen-bond donors (Lipinski definition) is 1. The Balaban J connectivity index is 4.19. The minimum absolute atomic E-state index is 0.0787. The fourth-order valence-corrected chi connectivity index (χ4v) is 0.405. The summed E-state index contributed by atoms with van der Waals surface area (Å²) in [6.07, 6.45) is 0.797. The second-order valence-corrected chi connectivity index (χ2v) is 1.66. The highest BCUT2D eigenvalue weighted by Gasteiger charge is 2.03. The number of hydrogen-bond acceptors (Lipinski definition) is 3. The van der Waals surface area contributed by atoms with E-state index in [-0.39, 0.29) is 5.57 Å². The second-order valence-electron chi connectivity index (χ2n) is 1.66. The normalized spacial score (nSPS) is 10.8. The van der Waals surface area contributed by atoms with Gasteiger partial charge in [-0.15, -0.1) is 0 Å². The van der Waals surface area contributed by atoms with Crippen LogP contribution in [-0.4, -0.2) is 24.2 Å². The van der Waals surface area contributed by atoms with Crippen molar-refractivity contribution >= 4 is 11.9 Å². The molecule has 4 heteroatoms. The Kier molecular flexibility index (Phi) is 3.17. The number of carbonyl (C=O) groups excluding carboxylic acids is 1. The van der Waals surface area contributed by atoms with Gasteiger partial charge < -0.3 is 9.84 Å². The molecule has 0 aliphatic rings. The van der Waals surface area contributed by atoms with Crippen LogP contribution in [0.3, 0.4) is 0 Å². The molecular weight excluding hydrogens is 136 g/mol. The predicted molar refractivity (Wildman–Crippen MR) is 33.4 cm³/mol. The molecule has 0 aliphatic heterocycles. The van der Waals surface area contributed by atoms with Gasteiger partial charge in [-0.25, -0.2) is 9.59 Å². The minimum atomic E-state index is -1.15. The number of methoxy groups -OCH3 is 1. The summed E-state index contributed by atoms with van der Waals surface area (Å²) in [5.41, 5.74) is 0.0787. The molecule has 0 aromatic carbocycles. The maximum Gasteiger partial charge on any atom is 0.333 e. The van der Waals surface area contributed by atoms with Gasteiger partial charge in [0, 0.05) is 11.6 Å². The van der Waals surface area contributed by atoms with Gasteiger partial charge in [0.25, 0.3) is 0 Å². The number of carboxylic acids is 1. The molecular formula is C6H8O4. The Bertz CT molecular complexity index is 180. The van der Waals surface area contributed by atoms with Crippen molar-refractivity contribution in [3.8, 4) is 0 Å². The van der Waals surface area contributed by atoms with E-state index in [1.54, 1.807) is 0 Å². The van der Waals surface area contributed by atoms with E-state index in [2.05, 4.69) is 4.74 Å². The topological polar surface area (TPSA) is 63.6 Å². The van der Waals surface area contributed by atoms with Crippen molar-refractivity contribution in [1.82, 2.24) is 0 Å². The maximum atomic E-state index is 10.5. The molecule has 0 fully saturated rings. The average Bonchev–Trinajstić information content (AvgIpc) is 1.85. The molecule has 0 saturated heterocycles. The zero-order chi connectivity index (χ0) is 8.15. The highest BCUT2D eigenvalue weighted by Crippen LogP contribution is 1.93. The van der Waals surface area contributed by atoms with Crippen molar-refractivity contribution in [2.24, 2.45) is 0 Å². The van der Waals surface area contributed by atoms with Crippen LogP contribution in [0, 0.1) is 0 Å². The lowest BCUT2D eigenvalue weighted by molar-refractivity contribution is -0.137. The quantitative estimate of drug-likeness (QED) is 0.444. The first-order chi connectivity index (χ1) is 4.57. The van der Waals surface area contributed by atoms with Crippen LogP contribution in [-0.2, 0) is 14.3 Å². The van der Waals surface area contributed by atoms with Gasteiger partial charge in [0.2, 0.25) is 0 Å². The van der Waals surface area contributed by atoms with E-state index in [4.69, 9.17) is 5.11 Å². The van der Waals surface area contributed by atoms with Crippen LogP contribution in [0.15, 0.2) is 11.6 Å². The van der Waals surface area contributed by atoms with Gasteiger partial charge in [0.05, 0.1) is 7.11 Å². The van der Waals surface area contributed by atoms with Crippen LogP contribution in [0.5, 0.6) is 0 Å². The molecule has 4 nitrogen and oxygen atoms in total. The Hall–Kier alpha value is -1.32. The van der Waals surface area contributed by atoms with Crippen LogP contribution in [0.1, 0.15) is 6.92 Å². The highest BCUT2D eigenvalue weighted by atomic mass is 16.5. The van der Waals surface area contributed by atoms with Gasteiger partial charge >= 0.3 is 11.9 Å². The molecule has 0 spiro atoms. The fourth-order valence-electron chi connectivity index (χ4n) is 0.405. The molecule has 1 N–H and O–H groups in total. The van der Waals surface area contributed by atoms with Gasteiger partial charge in [0.15, 0.2) is 0 Å². The van der Waals surface area contributed by atoms with E-state index >= 15 is 0 Å². The predicted octanol–water partition coefficient (Wildman–Crippen LogP) is 0.190. The average molecular weight is 144 g/mol. The number of carbonyl (C=O) groups is 2. The summed E-state index contributed by atoms with van der Waals surface area (Å²) >= 11 is 0. The first-order valence-electron chi connectivity index (χ1n) is 2.57. The van der Waals surface area contributed by atoms with E-state index in [0.29, 0.717) is 0 Å². The van der Waals surface area contributed by atoms with Crippen LogP contribution >= 0.6 is 0 Å². The summed E-state index contributed by atoms with van der Waals surface area (Å²) in [5, 5.41) is 8.14. The van der Waals surface area contributed by atoms with Crippen molar-refractivity contribution in [3.05, 3.63) is 11.6 Å². The summed E-state index contributed by atoms with van der Waals surface area (Å²) in [6, 6.07) is 0. The lowest BCUT2D eigenvalue weighted by Gasteiger charge is -1.94. The number of aliphatic carboxylic acids is 1. The summed E-state index contributed by atoms with van der Waals surface area (Å²) in [5.74, 6) is -1.77. The summed E-state index contributed by atoms with van der Waals surface area (Å²) in [7, 11) is 1.20. The first-order valence-corrected chi connectivity index (χ1v) is 2.57. The third-order valence-corrected chi connectivity index (χ3v) is 0.847. The molecule has 0 heterocycles. The zero-order valence-corrected chi connectivity index (χ0v) is 5.75. The molecule has 0 aromatic rings. The molecule has 0 aliphatic carbocycles. The van der Waals surface area contributed by atoms with E-state index < -0.39 is 11.9 Å². The minimum Gasteiger partial charge on any atom is -0.478 e. The van der Waals surface area contributed by atoms with Crippen LogP contribution < -0.4 is 0 Å². The molecule has 0 bridgehead atoms. The monoisotopic (exact) mass is 144 g/mol. The van der Waals surface area contributed by atoms with Crippen molar-refractivity contribution in [3.63, 3.8) is 0 Å². The van der Waals surface area contributed by atoms with Crippen molar-refractivity contribution < 1.29 is 19.4 Å². The molecule has 0 radical (unpaired) electrons. The van der Waals surface area contributed by atoms with Crippen LogP contribution in [0.4, 0.5) is 0 Å². The van der Waals surface area contributed by atoms with Gasteiger partial charge in [-0.1, -0.05) is 0 Å². The molecule has 56 valence electrons. The molecule has 0 rings (SSSR count). The Morgan fingerprint density at radius 3 is 2.30 bits per heavy atom. The number of carboxylic acid groups (broad SMARTS) is 1. The number of esters is 1. The van der Waals surface area contributed by atoms with Crippen LogP contribution in [0.2, 0.25) is 0 Å². The summed E-state index contributed by atoms with van der Waals surface area (Å²) in [4.78, 5) is 20.4. The molecule has 0 aromatic heterocycles. The van der Waals surface area contributed by atoms with Gasteiger partial charge in [-0.05, 0) is 6.92 Å². The SMILES string of the molecule is COC(=O)C(C)=CC(=O)O. The highest BCUT2D eigenvalue weighted by molar-refractivity contribution is 5.95. The molecule has 0 saturated carbocycles. The number of ether oxygens (including phenoxy) is 1. The fraction of sp³-hybridized carbons (Fsp3) is 0.333. The summed E-state index contributed by atoms with van der Waals surface area (Å²) < 4.78 is 4.24. The lowest BCUT2D eigenvalue weighted by atomic mass is 10.3. The van der Waals surface area contributed by atoms with E-state index in [1.807, 2.05) is 0 Å². The number of rotatable bonds is 2. The molecule has 0 atom stereocenters.